The van der Waals surface area contributed by atoms with E-state index in [-0.39, 0.29) is 23.7 Å². The number of nitrogens with zero attached hydrogens (tertiary/aromatic N) is 4. The van der Waals surface area contributed by atoms with Crippen molar-refractivity contribution >= 4 is 45.6 Å². The van der Waals surface area contributed by atoms with Gasteiger partial charge in [-0.05, 0) is 43.7 Å². The molecule has 3 aromatic rings. The fourth-order valence-corrected chi connectivity index (χ4v) is 5.38. The summed E-state index contributed by atoms with van der Waals surface area (Å²) in [4.78, 5) is 25.6. The quantitative estimate of drug-likeness (QED) is 0.337. The number of imidazole rings is 1. The molecule has 0 radical (unpaired) electrons. The SMILES string of the molecule is CC(C)Cc1nc2cnc(C(=N)/C=C(\N)C(F)(F)F)cc2n1C1CCCC(NC(=O)c2ncc(Cl)s2)C1. The number of aromatic nitrogens is 4. The lowest BCUT2D eigenvalue weighted by Crippen LogP contribution is -2.39. The molecule has 3 heterocycles. The van der Waals surface area contributed by atoms with Gasteiger partial charge in [-0.15, -0.1) is 0 Å². The van der Waals surface area contributed by atoms with E-state index in [4.69, 9.17) is 27.7 Å². The molecule has 2 unspecified atom stereocenters. The van der Waals surface area contributed by atoms with Gasteiger partial charge in [0.25, 0.3) is 5.91 Å². The second-order valence-electron chi connectivity index (χ2n) is 9.53. The molecular formula is C24H27ClF3N7OS. The number of hydrogen-bond donors (Lipinski definition) is 3. The van der Waals surface area contributed by atoms with Crippen molar-refractivity contribution in [2.45, 2.75) is 64.2 Å². The zero-order valence-electron chi connectivity index (χ0n) is 20.3. The third kappa shape index (κ3) is 6.30. The molecule has 13 heteroatoms. The first-order valence-electron chi connectivity index (χ1n) is 11.8. The number of nitrogens with two attached hydrogens (primary N) is 1. The molecule has 198 valence electrons. The first kappa shape index (κ1) is 27.1. The lowest BCUT2D eigenvalue weighted by atomic mass is 9.90. The lowest BCUT2D eigenvalue weighted by molar-refractivity contribution is -0.0925. The molecular weight excluding hydrogens is 527 g/mol. The number of nitrogens with one attached hydrogen (secondary N) is 2. The predicted octanol–water partition coefficient (Wildman–Crippen LogP) is 5.43. The van der Waals surface area contributed by atoms with Crippen molar-refractivity contribution in [2.75, 3.05) is 0 Å². The van der Waals surface area contributed by atoms with Crippen LogP contribution in [0.2, 0.25) is 4.34 Å². The van der Waals surface area contributed by atoms with Crippen LogP contribution in [0, 0.1) is 11.3 Å². The summed E-state index contributed by atoms with van der Waals surface area (Å²) in [5.74, 6) is 0.878. The second-order valence-corrected chi connectivity index (χ2v) is 11.2. The van der Waals surface area contributed by atoms with E-state index in [0.717, 1.165) is 36.4 Å². The third-order valence-corrected chi connectivity index (χ3v) is 7.28. The highest BCUT2D eigenvalue weighted by molar-refractivity contribution is 7.17. The Morgan fingerprint density at radius 1 is 1.35 bits per heavy atom. The van der Waals surface area contributed by atoms with Crippen molar-refractivity contribution in [1.82, 2.24) is 24.8 Å². The predicted molar refractivity (Wildman–Crippen MR) is 137 cm³/mol. The van der Waals surface area contributed by atoms with Crippen molar-refractivity contribution in [3.05, 3.63) is 51.1 Å². The van der Waals surface area contributed by atoms with E-state index in [9.17, 15) is 18.0 Å². The number of alkyl halides is 3. The monoisotopic (exact) mass is 553 g/mol. The number of carbonyl (C=O) groups is 1. The van der Waals surface area contributed by atoms with Crippen molar-refractivity contribution in [3.8, 4) is 0 Å². The van der Waals surface area contributed by atoms with E-state index in [1.807, 2.05) is 0 Å². The van der Waals surface area contributed by atoms with Gasteiger partial charge in [0.15, 0.2) is 5.01 Å². The van der Waals surface area contributed by atoms with E-state index >= 15 is 0 Å². The standard InChI is InChI=1S/C24H27ClF3N7OS/c1-12(2)6-21-34-17-10-31-16(15(29)8-19(30)24(26,27)28)9-18(17)35(21)14-5-3-4-13(7-14)33-22(36)23-32-11-20(25)37-23/h8-14,29H,3-7,30H2,1-2H3,(H,33,36)/b19-8-,29-15?. The number of amides is 1. The smallest absolute Gasteiger partial charge is 0.395 e. The molecule has 1 amide bonds. The summed E-state index contributed by atoms with van der Waals surface area (Å²) in [6.45, 7) is 4.16. The van der Waals surface area contributed by atoms with Crippen LogP contribution in [0.5, 0.6) is 0 Å². The molecule has 0 aromatic carbocycles. The van der Waals surface area contributed by atoms with Crippen LogP contribution in [0.4, 0.5) is 13.2 Å². The maximum atomic E-state index is 12.9. The van der Waals surface area contributed by atoms with Crippen LogP contribution in [0.3, 0.4) is 0 Å². The van der Waals surface area contributed by atoms with Gasteiger partial charge in [-0.2, -0.15) is 13.2 Å². The Morgan fingerprint density at radius 2 is 2.11 bits per heavy atom. The third-order valence-electron chi connectivity index (χ3n) is 6.16. The molecule has 1 saturated carbocycles. The summed E-state index contributed by atoms with van der Waals surface area (Å²) < 4.78 is 41.2. The topological polar surface area (TPSA) is 123 Å². The molecule has 3 aromatic heterocycles. The summed E-state index contributed by atoms with van der Waals surface area (Å²) in [5, 5.41) is 11.5. The first-order valence-corrected chi connectivity index (χ1v) is 13.0. The van der Waals surface area contributed by atoms with Gasteiger partial charge in [0, 0.05) is 18.5 Å². The minimum atomic E-state index is -4.73. The van der Waals surface area contributed by atoms with E-state index in [0.29, 0.717) is 45.2 Å². The van der Waals surface area contributed by atoms with Gasteiger partial charge in [0.2, 0.25) is 0 Å². The Bertz CT molecular complexity index is 1350. The van der Waals surface area contributed by atoms with Crippen molar-refractivity contribution in [2.24, 2.45) is 11.7 Å². The van der Waals surface area contributed by atoms with Crippen molar-refractivity contribution in [3.63, 3.8) is 0 Å². The van der Waals surface area contributed by atoms with E-state index < -0.39 is 17.6 Å². The Morgan fingerprint density at radius 3 is 2.76 bits per heavy atom. The minimum absolute atomic E-state index is 0.00194. The fraction of sp³-hybridized carbons (Fsp3) is 0.458. The molecule has 0 spiro atoms. The number of fused-ring (bicyclic) bond motifs is 1. The summed E-state index contributed by atoms with van der Waals surface area (Å²) in [7, 11) is 0. The lowest BCUT2D eigenvalue weighted by Gasteiger charge is -2.32. The largest absolute Gasteiger partial charge is 0.430 e. The van der Waals surface area contributed by atoms with E-state index in [1.54, 1.807) is 6.07 Å². The summed E-state index contributed by atoms with van der Waals surface area (Å²) in [5.41, 5.74) is 4.67. The Kier molecular flexibility index (Phi) is 7.88. The maximum Gasteiger partial charge on any atom is 0.430 e. The summed E-state index contributed by atoms with van der Waals surface area (Å²) in [6, 6.07) is 1.50. The van der Waals surface area contributed by atoms with Crippen LogP contribution >= 0.6 is 22.9 Å². The molecule has 1 fully saturated rings. The molecule has 4 N–H and O–H groups in total. The van der Waals surface area contributed by atoms with Crippen molar-refractivity contribution < 1.29 is 18.0 Å². The normalized spacial score (nSPS) is 18.9. The molecule has 0 aliphatic heterocycles. The minimum Gasteiger partial charge on any atom is -0.395 e. The summed E-state index contributed by atoms with van der Waals surface area (Å²) >= 11 is 7.04. The number of thiazole rings is 1. The van der Waals surface area contributed by atoms with Gasteiger partial charge in [0.05, 0.1) is 29.3 Å². The van der Waals surface area contributed by atoms with Crippen LogP contribution in [0.15, 0.2) is 30.2 Å². The summed E-state index contributed by atoms with van der Waals surface area (Å²) in [6.07, 6.45) is 2.63. The van der Waals surface area contributed by atoms with Crippen molar-refractivity contribution in [1.29, 1.82) is 5.41 Å². The Hall–Kier alpha value is -2.99. The molecule has 1 aliphatic rings. The van der Waals surface area contributed by atoms with Crippen LogP contribution in [-0.2, 0) is 6.42 Å². The molecule has 2 atom stereocenters. The van der Waals surface area contributed by atoms with E-state index in [2.05, 4.69) is 33.7 Å². The first-order chi connectivity index (χ1) is 17.4. The molecule has 8 nitrogen and oxygen atoms in total. The highest BCUT2D eigenvalue weighted by atomic mass is 35.5. The number of halogens is 4. The molecule has 1 aliphatic carbocycles. The van der Waals surface area contributed by atoms with Crippen LogP contribution in [-0.4, -0.2) is 43.4 Å². The van der Waals surface area contributed by atoms with Gasteiger partial charge in [-0.1, -0.05) is 36.8 Å². The molecule has 0 saturated heterocycles. The van der Waals surface area contributed by atoms with Gasteiger partial charge >= 0.3 is 6.18 Å². The number of rotatable bonds is 7. The van der Waals surface area contributed by atoms with Gasteiger partial charge < -0.3 is 15.6 Å². The Labute approximate surface area is 220 Å². The van der Waals surface area contributed by atoms with Gasteiger partial charge in [0.1, 0.15) is 21.4 Å². The molecule has 0 bridgehead atoms. The number of carbonyl (C=O) groups excluding carboxylic acids is 1. The Balaban J connectivity index is 1.65. The average molecular weight is 554 g/mol. The van der Waals surface area contributed by atoms with Gasteiger partial charge in [-0.3, -0.25) is 15.2 Å². The maximum absolute atomic E-state index is 12.9. The highest BCUT2D eigenvalue weighted by Crippen LogP contribution is 2.34. The zero-order valence-corrected chi connectivity index (χ0v) is 21.8. The zero-order chi connectivity index (χ0) is 26.9. The number of allylic oxidation sites excluding steroid dienone is 2. The highest BCUT2D eigenvalue weighted by Gasteiger charge is 2.32. The van der Waals surface area contributed by atoms with E-state index in [1.165, 1.54) is 12.4 Å². The number of hydrogen-bond acceptors (Lipinski definition) is 7. The second kappa shape index (κ2) is 10.8. The van der Waals surface area contributed by atoms with Crippen LogP contribution in [0.25, 0.3) is 11.0 Å². The molecule has 37 heavy (non-hydrogen) atoms. The number of pyridine rings is 1. The van der Waals surface area contributed by atoms with Crippen LogP contribution < -0.4 is 11.1 Å². The molecule has 4 rings (SSSR count). The fourth-order valence-electron chi connectivity index (χ4n) is 4.56. The average Bonchev–Trinajstić information content (AvgIpc) is 3.40. The van der Waals surface area contributed by atoms with Crippen LogP contribution in [0.1, 0.15) is 66.9 Å². The van der Waals surface area contributed by atoms with Gasteiger partial charge in [-0.25, -0.2) is 9.97 Å².